The fourth-order valence-electron chi connectivity index (χ4n) is 2.89. The molecule has 1 heterocycles. The van der Waals surface area contributed by atoms with Crippen LogP contribution in [0.3, 0.4) is 0 Å². The number of imide groups is 1. The van der Waals surface area contributed by atoms with Gasteiger partial charge in [0.1, 0.15) is 5.54 Å². The Balaban J connectivity index is 1.74. The Morgan fingerprint density at radius 1 is 1.33 bits per heavy atom. The Labute approximate surface area is 124 Å². The minimum absolute atomic E-state index is 0.0323. The third-order valence-electron chi connectivity index (χ3n) is 4.50. The van der Waals surface area contributed by atoms with Crippen LogP contribution in [-0.2, 0) is 14.4 Å². The summed E-state index contributed by atoms with van der Waals surface area (Å²) in [5.74, 6) is -1.02. The molecule has 21 heavy (non-hydrogen) atoms. The number of carbonyl (C=O) groups excluding carboxylic acids is 2. The SMILES string of the molecule is CCCNC(C)(CCCCN1C(=O)C2CC2C1=O)C(=O)O. The highest BCUT2D eigenvalue weighted by molar-refractivity contribution is 6.08. The van der Waals surface area contributed by atoms with Crippen molar-refractivity contribution in [1.29, 1.82) is 0 Å². The third-order valence-corrected chi connectivity index (χ3v) is 4.50. The summed E-state index contributed by atoms with van der Waals surface area (Å²) in [7, 11) is 0. The average Bonchev–Trinajstić information content (AvgIpc) is 3.19. The maximum Gasteiger partial charge on any atom is 0.323 e. The molecule has 6 nitrogen and oxygen atoms in total. The number of hydrogen-bond donors (Lipinski definition) is 2. The highest BCUT2D eigenvalue weighted by Gasteiger charge is 2.58. The molecule has 0 bridgehead atoms. The molecule has 0 aromatic heterocycles. The molecule has 118 valence electrons. The van der Waals surface area contributed by atoms with E-state index in [0.717, 1.165) is 12.8 Å². The van der Waals surface area contributed by atoms with Gasteiger partial charge in [-0.2, -0.15) is 0 Å². The topological polar surface area (TPSA) is 86.7 Å². The maximum absolute atomic E-state index is 11.8. The molecule has 1 saturated carbocycles. The summed E-state index contributed by atoms with van der Waals surface area (Å²) in [5, 5.41) is 12.4. The number of hydrogen-bond acceptors (Lipinski definition) is 4. The van der Waals surface area contributed by atoms with Gasteiger partial charge in [-0.3, -0.25) is 19.3 Å². The largest absolute Gasteiger partial charge is 0.480 e. The lowest BCUT2D eigenvalue weighted by Crippen LogP contribution is -2.49. The summed E-state index contributed by atoms with van der Waals surface area (Å²) in [4.78, 5) is 36.3. The van der Waals surface area contributed by atoms with E-state index in [0.29, 0.717) is 32.4 Å². The number of fused-ring (bicyclic) bond motifs is 1. The van der Waals surface area contributed by atoms with Gasteiger partial charge in [-0.1, -0.05) is 6.92 Å². The van der Waals surface area contributed by atoms with Crippen molar-refractivity contribution in [3.8, 4) is 0 Å². The van der Waals surface area contributed by atoms with E-state index in [4.69, 9.17) is 0 Å². The zero-order valence-corrected chi connectivity index (χ0v) is 12.7. The second-order valence-electron chi connectivity index (χ2n) is 6.30. The molecule has 1 aliphatic heterocycles. The van der Waals surface area contributed by atoms with Crippen LogP contribution in [0.4, 0.5) is 0 Å². The van der Waals surface area contributed by atoms with Crippen molar-refractivity contribution in [2.45, 2.75) is 51.5 Å². The van der Waals surface area contributed by atoms with Gasteiger partial charge in [-0.25, -0.2) is 0 Å². The number of carboxylic acids is 1. The first-order valence-corrected chi connectivity index (χ1v) is 7.74. The summed E-state index contributed by atoms with van der Waals surface area (Å²) < 4.78 is 0. The van der Waals surface area contributed by atoms with Gasteiger partial charge >= 0.3 is 5.97 Å². The van der Waals surface area contributed by atoms with E-state index in [2.05, 4.69) is 5.32 Å². The van der Waals surface area contributed by atoms with Crippen LogP contribution in [0.15, 0.2) is 0 Å². The number of amides is 2. The van der Waals surface area contributed by atoms with Crippen molar-refractivity contribution in [2.24, 2.45) is 11.8 Å². The zero-order chi connectivity index (χ0) is 15.6. The van der Waals surface area contributed by atoms with Gasteiger partial charge in [0, 0.05) is 6.54 Å². The van der Waals surface area contributed by atoms with Gasteiger partial charge in [-0.15, -0.1) is 0 Å². The van der Waals surface area contributed by atoms with E-state index in [1.165, 1.54) is 4.90 Å². The molecule has 0 aromatic rings. The van der Waals surface area contributed by atoms with Gasteiger partial charge in [0.25, 0.3) is 0 Å². The molecule has 3 atom stereocenters. The Hall–Kier alpha value is -1.43. The summed E-state index contributed by atoms with van der Waals surface area (Å²) in [5.41, 5.74) is -0.933. The number of aliphatic carboxylic acids is 1. The third kappa shape index (κ3) is 3.26. The van der Waals surface area contributed by atoms with Crippen LogP contribution >= 0.6 is 0 Å². The minimum atomic E-state index is -0.933. The molecule has 0 aromatic carbocycles. The smallest absolute Gasteiger partial charge is 0.323 e. The van der Waals surface area contributed by atoms with Crippen molar-refractivity contribution in [3.63, 3.8) is 0 Å². The number of nitrogens with zero attached hydrogens (tertiary/aromatic N) is 1. The van der Waals surface area contributed by atoms with Gasteiger partial charge in [0.05, 0.1) is 11.8 Å². The number of rotatable bonds is 9. The molecule has 0 spiro atoms. The lowest BCUT2D eigenvalue weighted by Gasteiger charge is -2.26. The normalized spacial score (nSPS) is 26.7. The summed E-state index contributed by atoms with van der Waals surface area (Å²) >= 11 is 0. The number of carbonyl (C=O) groups is 3. The minimum Gasteiger partial charge on any atom is -0.480 e. The van der Waals surface area contributed by atoms with Crippen LogP contribution in [0.2, 0.25) is 0 Å². The second-order valence-corrected chi connectivity index (χ2v) is 6.30. The number of piperidine rings is 1. The van der Waals surface area contributed by atoms with E-state index in [1.807, 2.05) is 6.92 Å². The highest BCUT2D eigenvalue weighted by atomic mass is 16.4. The molecule has 3 unspecified atom stereocenters. The second kappa shape index (κ2) is 6.13. The van der Waals surface area contributed by atoms with E-state index in [-0.39, 0.29) is 23.7 Å². The maximum atomic E-state index is 11.8. The first-order valence-electron chi connectivity index (χ1n) is 7.74. The lowest BCUT2D eigenvalue weighted by atomic mass is 9.94. The van der Waals surface area contributed by atoms with E-state index in [9.17, 15) is 19.5 Å². The predicted octanol–water partition coefficient (Wildman–Crippen LogP) is 1.00. The van der Waals surface area contributed by atoms with Crippen molar-refractivity contribution in [3.05, 3.63) is 0 Å². The fourth-order valence-corrected chi connectivity index (χ4v) is 2.89. The first kappa shape index (κ1) is 15.9. The molecule has 2 aliphatic rings. The van der Waals surface area contributed by atoms with Gasteiger partial charge < -0.3 is 10.4 Å². The standard InChI is InChI=1S/C15H24N2O4/c1-3-7-16-15(2,14(20)21)6-4-5-8-17-12(18)10-9-11(10)13(17)19/h10-11,16H,3-9H2,1-2H3,(H,20,21). The van der Waals surface area contributed by atoms with Gasteiger partial charge in [-0.05, 0) is 45.6 Å². The average molecular weight is 296 g/mol. The van der Waals surface area contributed by atoms with Crippen LogP contribution in [-0.4, -0.2) is 46.4 Å². The van der Waals surface area contributed by atoms with Gasteiger partial charge in [0.2, 0.25) is 11.8 Å². The number of nitrogens with one attached hydrogen (secondary N) is 1. The number of likely N-dealkylation sites (tertiary alicyclic amines) is 1. The molecular formula is C15H24N2O4. The number of carboxylic acid groups (broad SMARTS) is 1. The fraction of sp³-hybridized carbons (Fsp3) is 0.800. The highest BCUT2D eigenvalue weighted by Crippen LogP contribution is 2.46. The van der Waals surface area contributed by atoms with Crippen LogP contribution in [0.1, 0.15) is 46.0 Å². The Bertz CT molecular complexity index is 431. The van der Waals surface area contributed by atoms with E-state index >= 15 is 0 Å². The van der Waals surface area contributed by atoms with Crippen LogP contribution in [0.25, 0.3) is 0 Å². The Morgan fingerprint density at radius 3 is 2.48 bits per heavy atom. The quantitative estimate of drug-likeness (QED) is 0.490. The van der Waals surface area contributed by atoms with Crippen LogP contribution in [0, 0.1) is 11.8 Å². The monoisotopic (exact) mass is 296 g/mol. The molecule has 2 N–H and O–H groups in total. The molecule has 2 fully saturated rings. The van der Waals surface area contributed by atoms with Crippen LogP contribution < -0.4 is 5.32 Å². The zero-order valence-electron chi connectivity index (χ0n) is 12.7. The molecule has 1 aliphatic carbocycles. The van der Waals surface area contributed by atoms with Crippen molar-refractivity contribution in [1.82, 2.24) is 10.2 Å². The number of unbranched alkanes of at least 4 members (excludes halogenated alkanes) is 1. The molecule has 6 heteroatoms. The Kier molecular flexibility index (Phi) is 4.66. The summed E-state index contributed by atoms with van der Waals surface area (Å²) in [6.45, 7) is 4.76. The van der Waals surface area contributed by atoms with Crippen LogP contribution in [0.5, 0.6) is 0 Å². The molecular weight excluding hydrogens is 272 g/mol. The molecule has 0 radical (unpaired) electrons. The predicted molar refractivity (Wildman–Crippen MR) is 76.5 cm³/mol. The van der Waals surface area contributed by atoms with E-state index < -0.39 is 11.5 Å². The molecule has 2 amide bonds. The van der Waals surface area contributed by atoms with Crippen molar-refractivity contribution in [2.75, 3.05) is 13.1 Å². The Morgan fingerprint density at radius 2 is 1.95 bits per heavy atom. The molecule has 1 saturated heterocycles. The van der Waals surface area contributed by atoms with Gasteiger partial charge in [0.15, 0.2) is 0 Å². The lowest BCUT2D eigenvalue weighted by molar-refractivity contribution is -0.145. The molecule has 2 rings (SSSR count). The first-order chi connectivity index (χ1) is 9.90. The van der Waals surface area contributed by atoms with E-state index in [1.54, 1.807) is 6.92 Å². The summed E-state index contributed by atoms with van der Waals surface area (Å²) in [6.07, 6.45) is 3.43. The van der Waals surface area contributed by atoms with Crippen molar-refractivity contribution < 1.29 is 19.5 Å². The summed E-state index contributed by atoms with van der Waals surface area (Å²) in [6, 6.07) is 0. The van der Waals surface area contributed by atoms with Crippen molar-refractivity contribution >= 4 is 17.8 Å².